The Hall–Kier alpha value is -2.22. The van der Waals surface area contributed by atoms with Crippen LogP contribution < -0.4 is 16.2 Å². The molecule has 1 saturated heterocycles. The lowest BCUT2D eigenvalue weighted by Crippen LogP contribution is -2.48. The summed E-state index contributed by atoms with van der Waals surface area (Å²) in [7, 11) is 0. The third kappa shape index (κ3) is 5.17. The minimum Gasteiger partial charge on any atom is -0.376 e. The molecule has 0 saturated carbocycles. The van der Waals surface area contributed by atoms with Crippen LogP contribution in [-0.4, -0.2) is 47.3 Å². The van der Waals surface area contributed by atoms with Crippen molar-refractivity contribution in [2.75, 3.05) is 30.7 Å². The van der Waals surface area contributed by atoms with Gasteiger partial charge in [-0.2, -0.15) is 0 Å². The summed E-state index contributed by atoms with van der Waals surface area (Å²) in [5, 5.41) is 2.90. The van der Waals surface area contributed by atoms with Gasteiger partial charge in [0.1, 0.15) is 6.54 Å². The Bertz CT molecular complexity index is 621. The number of carbonyl (C=O) groups is 3. The maximum atomic E-state index is 11.7. The predicted octanol–water partition coefficient (Wildman–Crippen LogP) is 1.03. The van der Waals surface area contributed by atoms with Crippen molar-refractivity contribution in [1.82, 2.24) is 15.8 Å². The van der Waals surface area contributed by atoms with Crippen LogP contribution >= 0.6 is 11.8 Å². The molecule has 8 heteroatoms. The Morgan fingerprint density at radius 3 is 2.61 bits per heavy atom. The first-order chi connectivity index (χ1) is 11.0. The molecule has 0 aliphatic carbocycles. The van der Waals surface area contributed by atoms with E-state index in [2.05, 4.69) is 16.2 Å². The fourth-order valence-corrected chi connectivity index (χ4v) is 2.98. The number of rotatable bonds is 5. The van der Waals surface area contributed by atoms with Gasteiger partial charge in [0, 0.05) is 18.0 Å². The van der Waals surface area contributed by atoms with Gasteiger partial charge in [-0.1, -0.05) is 29.5 Å². The molecule has 0 aromatic heterocycles. The molecule has 0 radical (unpaired) electrons. The monoisotopic (exact) mass is 336 g/mol. The smallest absolute Gasteiger partial charge is 0.282 e. The van der Waals surface area contributed by atoms with E-state index in [9.17, 15) is 14.4 Å². The van der Waals surface area contributed by atoms with Gasteiger partial charge < -0.3 is 10.2 Å². The molecule has 0 bridgehead atoms. The van der Waals surface area contributed by atoms with Crippen molar-refractivity contribution in [2.45, 2.75) is 13.8 Å². The predicted molar refractivity (Wildman–Crippen MR) is 90.1 cm³/mol. The highest BCUT2D eigenvalue weighted by Crippen LogP contribution is 2.16. The highest BCUT2D eigenvalue weighted by Gasteiger charge is 2.23. The minimum absolute atomic E-state index is 0.0443. The average molecular weight is 336 g/mol. The Morgan fingerprint density at radius 2 is 1.96 bits per heavy atom. The molecule has 1 aliphatic heterocycles. The molecule has 0 spiro atoms. The van der Waals surface area contributed by atoms with Gasteiger partial charge in [0.15, 0.2) is 0 Å². The first-order valence-electron chi connectivity index (χ1n) is 7.26. The molecular weight excluding hydrogens is 316 g/mol. The summed E-state index contributed by atoms with van der Waals surface area (Å²) in [6.07, 6.45) is 0. The Kier molecular flexibility index (Phi) is 5.86. The first-order valence-corrected chi connectivity index (χ1v) is 8.25. The van der Waals surface area contributed by atoms with Crippen LogP contribution in [0.15, 0.2) is 18.2 Å². The fourth-order valence-electron chi connectivity index (χ4n) is 2.15. The Morgan fingerprint density at radius 1 is 1.22 bits per heavy atom. The molecule has 7 nitrogen and oxygen atoms in total. The molecular formula is C15H20N4O3S. The maximum absolute atomic E-state index is 11.7. The number of hydrogen-bond donors (Lipinski definition) is 3. The maximum Gasteiger partial charge on any atom is 0.282 e. The average Bonchev–Trinajstić information content (AvgIpc) is 2.89. The molecule has 1 heterocycles. The molecule has 1 aromatic rings. The number of benzene rings is 1. The summed E-state index contributed by atoms with van der Waals surface area (Å²) < 4.78 is 0. The SMILES string of the molecule is Cc1ccc(NCC(=O)NNC(=O)CN2CCSC2=O)c(C)c1. The number of nitrogens with zero attached hydrogens (tertiary/aromatic N) is 1. The van der Waals surface area contributed by atoms with Gasteiger partial charge in [-0.05, 0) is 25.5 Å². The van der Waals surface area contributed by atoms with Crippen LogP contribution in [0.5, 0.6) is 0 Å². The van der Waals surface area contributed by atoms with Crippen LogP contribution in [0, 0.1) is 13.8 Å². The van der Waals surface area contributed by atoms with Crippen molar-refractivity contribution >= 4 is 34.5 Å². The van der Waals surface area contributed by atoms with E-state index in [0.29, 0.717) is 12.3 Å². The number of aryl methyl sites for hydroxylation is 2. The third-order valence-corrected chi connectivity index (χ3v) is 4.23. The first kappa shape index (κ1) is 17.1. The lowest BCUT2D eigenvalue weighted by molar-refractivity contribution is -0.128. The zero-order valence-corrected chi connectivity index (χ0v) is 14.0. The topological polar surface area (TPSA) is 90.5 Å². The van der Waals surface area contributed by atoms with Gasteiger partial charge in [0.05, 0.1) is 6.54 Å². The molecule has 23 heavy (non-hydrogen) atoms. The number of carbonyl (C=O) groups excluding carboxylic acids is 3. The Balaban J connectivity index is 1.70. The molecule has 124 valence electrons. The van der Waals surface area contributed by atoms with Gasteiger partial charge in [-0.25, -0.2) is 0 Å². The molecule has 3 amide bonds. The van der Waals surface area contributed by atoms with E-state index in [0.717, 1.165) is 16.8 Å². The van der Waals surface area contributed by atoms with E-state index in [1.807, 2.05) is 32.0 Å². The molecule has 1 aliphatic rings. The van der Waals surface area contributed by atoms with Gasteiger partial charge in [-0.15, -0.1) is 0 Å². The van der Waals surface area contributed by atoms with Crippen LogP contribution in [0.2, 0.25) is 0 Å². The van der Waals surface area contributed by atoms with E-state index >= 15 is 0 Å². The lowest BCUT2D eigenvalue weighted by Gasteiger charge is -2.15. The van der Waals surface area contributed by atoms with E-state index in [4.69, 9.17) is 0 Å². The zero-order chi connectivity index (χ0) is 16.8. The van der Waals surface area contributed by atoms with E-state index in [1.165, 1.54) is 16.7 Å². The summed E-state index contributed by atoms with van der Waals surface area (Å²) in [5.74, 6) is -0.0839. The third-order valence-electron chi connectivity index (χ3n) is 3.34. The summed E-state index contributed by atoms with van der Waals surface area (Å²) in [4.78, 5) is 36.2. The van der Waals surface area contributed by atoms with Crippen molar-refractivity contribution in [3.05, 3.63) is 29.3 Å². The van der Waals surface area contributed by atoms with Gasteiger partial charge in [0.25, 0.3) is 17.1 Å². The quantitative estimate of drug-likeness (QED) is 0.699. The second-order valence-electron chi connectivity index (χ2n) is 5.30. The summed E-state index contributed by atoms with van der Waals surface area (Å²) >= 11 is 1.19. The number of anilines is 1. The van der Waals surface area contributed by atoms with E-state index in [-0.39, 0.29) is 24.2 Å². The van der Waals surface area contributed by atoms with Gasteiger partial charge in [-0.3, -0.25) is 25.2 Å². The van der Waals surface area contributed by atoms with Crippen molar-refractivity contribution in [2.24, 2.45) is 0 Å². The van der Waals surface area contributed by atoms with Crippen molar-refractivity contribution in [1.29, 1.82) is 0 Å². The van der Waals surface area contributed by atoms with Crippen LogP contribution in [0.1, 0.15) is 11.1 Å². The van der Waals surface area contributed by atoms with Crippen LogP contribution in [0.4, 0.5) is 10.5 Å². The van der Waals surface area contributed by atoms with E-state index < -0.39 is 5.91 Å². The minimum atomic E-state index is -0.416. The van der Waals surface area contributed by atoms with E-state index in [1.54, 1.807) is 0 Å². The molecule has 3 N–H and O–H groups in total. The van der Waals surface area contributed by atoms with Crippen molar-refractivity contribution in [3.63, 3.8) is 0 Å². The van der Waals surface area contributed by atoms with Gasteiger partial charge >= 0.3 is 0 Å². The van der Waals surface area contributed by atoms with Gasteiger partial charge in [0.2, 0.25) is 0 Å². The second-order valence-corrected chi connectivity index (χ2v) is 6.35. The molecule has 0 unspecified atom stereocenters. The molecule has 0 atom stereocenters. The zero-order valence-electron chi connectivity index (χ0n) is 13.1. The lowest BCUT2D eigenvalue weighted by atomic mass is 10.1. The standard InChI is InChI=1S/C15H20N4O3S/c1-10-3-4-12(11(2)7-10)16-8-13(20)17-18-14(21)9-19-5-6-23-15(19)22/h3-4,7,16H,5-6,8-9H2,1-2H3,(H,17,20)(H,18,21). The van der Waals surface area contributed by atoms with Crippen LogP contribution in [0.25, 0.3) is 0 Å². The Labute approximate surface area is 139 Å². The van der Waals surface area contributed by atoms with Crippen molar-refractivity contribution < 1.29 is 14.4 Å². The summed E-state index contributed by atoms with van der Waals surface area (Å²) in [6, 6.07) is 5.89. The second kappa shape index (κ2) is 7.87. The van der Waals surface area contributed by atoms with Crippen molar-refractivity contribution in [3.8, 4) is 0 Å². The number of nitrogens with one attached hydrogen (secondary N) is 3. The largest absolute Gasteiger partial charge is 0.376 e. The normalized spacial score (nSPS) is 13.8. The fraction of sp³-hybridized carbons (Fsp3) is 0.400. The highest BCUT2D eigenvalue weighted by molar-refractivity contribution is 8.13. The molecule has 1 aromatic carbocycles. The van der Waals surface area contributed by atoms with Crippen LogP contribution in [0.3, 0.4) is 0 Å². The number of amides is 3. The number of hydrogen-bond acceptors (Lipinski definition) is 5. The number of hydrazine groups is 1. The highest BCUT2D eigenvalue weighted by atomic mass is 32.2. The molecule has 2 rings (SSSR count). The summed E-state index contributed by atoms with van der Waals surface area (Å²) in [5.41, 5.74) is 7.71. The van der Waals surface area contributed by atoms with Crippen LogP contribution in [-0.2, 0) is 9.59 Å². The number of thioether (sulfide) groups is 1. The summed E-state index contributed by atoms with van der Waals surface area (Å²) in [6.45, 7) is 4.52. The molecule has 1 fully saturated rings.